The lowest BCUT2D eigenvalue weighted by atomic mass is 9.95. The van der Waals surface area contributed by atoms with E-state index in [1.807, 2.05) is 91.5 Å². The summed E-state index contributed by atoms with van der Waals surface area (Å²) in [6, 6.07) is 133. The van der Waals surface area contributed by atoms with Crippen LogP contribution in [0.5, 0.6) is 0 Å². The van der Waals surface area contributed by atoms with Crippen LogP contribution < -0.4 is 0 Å². The van der Waals surface area contributed by atoms with Crippen molar-refractivity contribution in [1.82, 2.24) is 54.8 Å². The van der Waals surface area contributed by atoms with Gasteiger partial charge in [-0.15, -0.1) is 0 Å². The third-order valence-corrected chi connectivity index (χ3v) is 23.3. The molecule has 8 heterocycles. The summed E-state index contributed by atoms with van der Waals surface area (Å²) >= 11 is 0. The van der Waals surface area contributed by atoms with Crippen LogP contribution in [0.1, 0.15) is 30.9 Å². The molecule has 22 rings (SSSR count). The Bertz CT molecular complexity index is 7780. The van der Waals surface area contributed by atoms with Crippen LogP contribution in [-0.4, -0.2) is 54.8 Å². The lowest BCUT2D eigenvalue weighted by Gasteiger charge is -2.14. The maximum atomic E-state index is 5.26. The summed E-state index contributed by atoms with van der Waals surface area (Å²) < 4.78 is 0. The first-order chi connectivity index (χ1) is 61.1. The molecular formula is C113H77N11. The topological polar surface area (TPSA) is 142 Å². The van der Waals surface area contributed by atoms with Crippen LogP contribution in [0.4, 0.5) is 0 Å². The number of benzene rings is 14. The van der Waals surface area contributed by atoms with Gasteiger partial charge in [-0.25, -0.2) is 44.9 Å². The lowest BCUT2D eigenvalue weighted by Crippen LogP contribution is -2.00. The zero-order valence-corrected chi connectivity index (χ0v) is 68.2. The van der Waals surface area contributed by atoms with E-state index in [1.165, 1.54) is 11.1 Å². The van der Waals surface area contributed by atoms with Crippen LogP contribution in [0, 0.1) is 6.92 Å². The fraction of sp³-hybridized carbons (Fsp3) is 0.0354. The molecule has 14 aromatic carbocycles. The number of nitrogens with zero attached hydrogens (tertiary/aromatic N) is 11. The van der Waals surface area contributed by atoms with E-state index in [0.29, 0.717) is 29.2 Å². The molecule has 22 aromatic rings. The summed E-state index contributed by atoms with van der Waals surface area (Å²) in [6.45, 7) is 6.63. The third kappa shape index (κ3) is 15.0. The van der Waals surface area contributed by atoms with Crippen molar-refractivity contribution in [3.63, 3.8) is 0 Å². The SMILES string of the molecule is CC(C)c1cc(-c2ccccc2)nc2c1ccc1ccc(-c3ccc(-c4ccc(-c5nc(-c6ccccc6)nc(-c6cccc(-c7cccc8ccncc78)c6)n5)cc4)cc3)nc12.Cc1cc(-c2ccccc2)nc2c1ccc1ccc(-c3ccc(-c4ccc(-c5nc(-c6ccccc6)cc(-c6cccc(-c7cccc8ccncc78)c6)n5)cc4)cc3)nc12. The second kappa shape index (κ2) is 32.7. The van der Waals surface area contributed by atoms with Crippen LogP contribution in [0.15, 0.2) is 407 Å². The molecule has 0 N–H and O–H groups in total. The molecule has 0 bridgehead atoms. The Kier molecular flexibility index (Phi) is 19.8. The highest BCUT2D eigenvalue weighted by molar-refractivity contribution is 6.07. The second-order valence-electron chi connectivity index (χ2n) is 31.5. The molecule has 0 aliphatic heterocycles. The van der Waals surface area contributed by atoms with E-state index in [1.54, 1.807) is 0 Å². The molecule has 11 nitrogen and oxygen atoms in total. The Morgan fingerprint density at radius 1 is 0.194 bits per heavy atom. The molecule has 0 radical (unpaired) electrons. The molecule has 0 saturated carbocycles. The number of aromatic nitrogens is 11. The van der Waals surface area contributed by atoms with Gasteiger partial charge in [0.05, 0.1) is 56.2 Å². The first-order valence-corrected chi connectivity index (χ1v) is 41.8. The Balaban J connectivity index is 0.000000152. The average Bonchev–Trinajstić information content (AvgIpc) is 0.729. The molecule has 0 atom stereocenters. The summed E-state index contributed by atoms with van der Waals surface area (Å²) in [5.41, 5.74) is 30.5. The van der Waals surface area contributed by atoms with Gasteiger partial charge in [0, 0.05) is 113 Å². The third-order valence-electron chi connectivity index (χ3n) is 23.3. The second-order valence-corrected chi connectivity index (χ2v) is 31.5. The monoisotopic (exact) mass is 1590 g/mol. The van der Waals surface area contributed by atoms with Gasteiger partial charge in [-0.3, -0.25) is 9.97 Å². The molecule has 0 aliphatic rings. The summed E-state index contributed by atoms with van der Waals surface area (Å²) in [6.07, 6.45) is 7.53. The molecule has 0 unspecified atom stereocenters. The number of hydrogen-bond acceptors (Lipinski definition) is 11. The number of fused-ring (bicyclic) bond motifs is 8. The summed E-state index contributed by atoms with van der Waals surface area (Å²) in [4.78, 5) is 55.0. The molecule has 0 saturated heterocycles. The summed E-state index contributed by atoms with van der Waals surface area (Å²) in [5, 5.41) is 8.94. The highest BCUT2D eigenvalue weighted by atomic mass is 15.0. The van der Waals surface area contributed by atoms with E-state index >= 15 is 0 Å². The first-order valence-electron chi connectivity index (χ1n) is 41.8. The van der Waals surface area contributed by atoms with E-state index in [-0.39, 0.29) is 0 Å². The van der Waals surface area contributed by atoms with Crippen molar-refractivity contribution in [3.05, 3.63) is 418 Å². The summed E-state index contributed by atoms with van der Waals surface area (Å²) in [7, 11) is 0. The van der Waals surface area contributed by atoms with Crippen LogP contribution in [0.25, 0.3) is 223 Å². The van der Waals surface area contributed by atoms with Crippen molar-refractivity contribution >= 4 is 65.2 Å². The molecule has 0 spiro atoms. The Morgan fingerprint density at radius 3 is 1.00 bits per heavy atom. The predicted octanol–water partition coefficient (Wildman–Crippen LogP) is 28.4. The highest BCUT2D eigenvalue weighted by Gasteiger charge is 2.21. The highest BCUT2D eigenvalue weighted by Crippen LogP contribution is 2.41. The Labute approximate surface area is 717 Å². The molecule has 124 heavy (non-hydrogen) atoms. The van der Waals surface area contributed by atoms with Gasteiger partial charge in [0.15, 0.2) is 23.3 Å². The minimum atomic E-state index is 0.338. The van der Waals surface area contributed by atoms with E-state index in [2.05, 4.69) is 346 Å². The van der Waals surface area contributed by atoms with Gasteiger partial charge in [-0.05, 0) is 134 Å². The van der Waals surface area contributed by atoms with E-state index in [0.717, 1.165) is 199 Å². The molecule has 0 amide bonds. The minimum Gasteiger partial charge on any atom is -0.264 e. The number of pyridine rings is 6. The van der Waals surface area contributed by atoms with E-state index < -0.39 is 0 Å². The zero-order valence-electron chi connectivity index (χ0n) is 68.2. The van der Waals surface area contributed by atoms with Gasteiger partial charge < -0.3 is 0 Å². The van der Waals surface area contributed by atoms with Crippen molar-refractivity contribution < 1.29 is 0 Å². The number of rotatable bonds is 15. The van der Waals surface area contributed by atoms with Crippen molar-refractivity contribution in [1.29, 1.82) is 0 Å². The molecule has 8 aromatic heterocycles. The van der Waals surface area contributed by atoms with Crippen LogP contribution in [0.3, 0.4) is 0 Å². The van der Waals surface area contributed by atoms with Gasteiger partial charge in [0.25, 0.3) is 0 Å². The van der Waals surface area contributed by atoms with Gasteiger partial charge in [-0.1, -0.05) is 341 Å². The number of aryl methyl sites for hydroxylation is 1. The molecule has 0 fully saturated rings. The van der Waals surface area contributed by atoms with E-state index in [9.17, 15) is 0 Å². The first kappa shape index (κ1) is 75.1. The maximum Gasteiger partial charge on any atom is 0.164 e. The predicted molar refractivity (Wildman–Crippen MR) is 509 cm³/mol. The minimum absolute atomic E-state index is 0.338. The molecular weight excluding hydrogens is 1510 g/mol. The fourth-order valence-electron chi connectivity index (χ4n) is 16.8. The maximum absolute atomic E-state index is 5.26. The van der Waals surface area contributed by atoms with E-state index in [4.69, 9.17) is 44.9 Å². The van der Waals surface area contributed by atoms with Gasteiger partial charge in [-0.2, -0.15) is 0 Å². The van der Waals surface area contributed by atoms with Crippen molar-refractivity contribution in [2.45, 2.75) is 26.7 Å². The Hall–Kier alpha value is -16.4. The standard InChI is InChI=1S/C57H40N6.C56H37N5/c1-36(2)49-34-52(40-11-5-3-6-12-40)60-54-48(49)29-27-42-28-30-51(59-53(42)54)41-23-19-37(20-24-41)38-21-25-44(26-22-38)56-61-55(43-13-7-4-8-14-43)62-57(63-56)46-17-9-16-45(33-46)47-18-10-15-39-31-32-58-35-50(39)47;1-36-32-51(40-10-4-2-5-11-40)59-55-47(36)28-26-43-27-29-50(58-54(43)55)42-22-18-37(19-23-42)38-20-24-44(25-21-38)56-60-52(41-12-6-3-7-13-41)34-53(61-56)46-16-8-15-45(33-46)48-17-9-14-39-30-31-57-35-49(39)48/h3-36H,1-2H3;2-35H,1H3. The van der Waals surface area contributed by atoms with Crippen LogP contribution in [0.2, 0.25) is 0 Å². The van der Waals surface area contributed by atoms with Gasteiger partial charge in [0.2, 0.25) is 0 Å². The normalized spacial score (nSPS) is 11.4. The van der Waals surface area contributed by atoms with Crippen molar-refractivity contribution in [3.8, 4) is 158 Å². The Morgan fingerprint density at radius 2 is 0.524 bits per heavy atom. The quantitative estimate of drug-likeness (QED) is 0.0906. The largest absolute Gasteiger partial charge is 0.264 e. The number of hydrogen-bond donors (Lipinski definition) is 0. The zero-order chi connectivity index (χ0) is 83.0. The smallest absolute Gasteiger partial charge is 0.164 e. The molecule has 584 valence electrons. The molecule has 11 heteroatoms. The fourth-order valence-corrected chi connectivity index (χ4v) is 16.8. The average molecular weight is 1590 g/mol. The lowest BCUT2D eigenvalue weighted by molar-refractivity contribution is 0.875. The molecule has 0 aliphatic carbocycles. The van der Waals surface area contributed by atoms with Crippen molar-refractivity contribution in [2.75, 3.05) is 0 Å². The van der Waals surface area contributed by atoms with Crippen LogP contribution in [-0.2, 0) is 0 Å². The van der Waals surface area contributed by atoms with Crippen LogP contribution >= 0.6 is 0 Å². The van der Waals surface area contributed by atoms with Crippen molar-refractivity contribution in [2.24, 2.45) is 0 Å². The van der Waals surface area contributed by atoms with Gasteiger partial charge in [0.1, 0.15) is 0 Å². The van der Waals surface area contributed by atoms with Gasteiger partial charge >= 0.3 is 0 Å². The summed E-state index contributed by atoms with van der Waals surface area (Å²) in [5.74, 6) is 2.86.